The number of benzene rings is 2. The Morgan fingerprint density at radius 2 is 1.62 bits per heavy atom. The molecule has 0 fully saturated rings. The fourth-order valence-corrected chi connectivity index (χ4v) is 2.17. The minimum Gasteiger partial charge on any atom is -0.497 e. The van der Waals surface area contributed by atoms with Crippen LogP contribution in [0, 0.1) is 0 Å². The van der Waals surface area contributed by atoms with Gasteiger partial charge in [-0.2, -0.15) is 0 Å². The largest absolute Gasteiger partial charge is 0.497 e. The predicted octanol–water partition coefficient (Wildman–Crippen LogP) is 4.62. The average molecular weight is 286 g/mol. The van der Waals surface area contributed by atoms with Gasteiger partial charge in [0.25, 0.3) is 0 Å². The molecule has 3 nitrogen and oxygen atoms in total. The van der Waals surface area contributed by atoms with Gasteiger partial charge in [0.15, 0.2) is 0 Å². The second kappa shape index (κ2) is 7.58. The van der Waals surface area contributed by atoms with Crippen molar-refractivity contribution in [2.45, 2.75) is 26.4 Å². The van der Waals surface area contributed by atoms with Crippen LogP contribution < -0.4 is 14.2 Å². The van der Waals surface area contributed by atoms with Crippen LogP contribution in [-0.4, -0.2) is 13.7 Å². The van der Waals surface area contributed by atoms with Crippen LogP contribution in [0.2, 0.25) is 0 Å². The molecule has 0 spiro atoms. The van der Waals surface area contributed by atoms with E-state index in [4.69, 9.17) is 14.2 Å². The highest BCUT2D eigenvalue weighted by Gasteiger charge is 2.11. The molecule has 2 rings (SSSR count). The zero-order chi connectivity index (χ0) is 15.1. The molecule has 0 radical (unpaired) electrons. The van der Waals surface area contributed by atoms with E-state index in [1.165, 1.54) is 0 Å². The van der Waals surface area contributed by atoms with E-state index in [-0.39, 0.29) is 6.10 Å². The first-order valence-electron chi connectivity index (χ1n) is 7.30. The molecule has 0 N–H and O–H groups in total. The van der Waals surface area contributed by atoms with Gasteiger partial charge in [-0.15, -0.1) is 0 Å². The van der Waals surface area contributed by atoms with Gasteiger partial charge in [0, 0.05) is 6.07 Å². The van der Waals surface area contributed by atoms with Gasteiger partial charge < -0.3 is 14.2 Å². The van der Waals surface area contributed by atoms with Gasteiger partial charge in [-0.1, -0.05) is 25.1 Å². The zero-order valence-electron chi connectivity index (χ0n) is 12.8. The summed E-state index contributed by atoms with van der Waals surface area (Å²) < 4.78 is 16.8. The van der Waals surface area contributed by atoms with Crippen LogP contribution in [0.4, 0.5) is 0 Å². The molecule has 0 aliphatic heterocycles. The van der Waals surface area contributed by atoms with E-state index < -0.39 is 0 Å². The lowest BCUT2D eigenvalue weighted by Crippen LogP contribution is -2.06. The van der Waals surface area contributed by atoms with Crippen molar-refractivity contribution in [2.75, 3.05) is 13.7 Å². The highest BCUT2D eigenvalue weighted by molar-refractivity contribution is 5.34. The number of ether oxygens (including phenoxy) is 3. The molecule has 0 amide bonds. The first kappa shape index (κ1) is 15.2. The van der Waals surface area contributed by atoms with Crippen LogP contribution in [0.3, 0.4) is 0 Å². The number of rotatable bonds is 7. The Kier molecular flexibility index (Phi) is 5.50. The first-order chi connectivity index (χ1) is 10.3. The predicted molar refractivity (Wildman–Crippen MR) is 84.3 cm³/mol. The molecule has 1 unspecified atom stereocenters. The normalized spacial score (nSPS) is 11.8. The molecular formula is C18H22O3. The summed E-state index contributed by atoms with van der Waals surface area (Å²) in [5.41, 5.74) is 1.14. The summed E-state index contributed by atoms with van der Waals surface area (Å²) in [7, 11) is 1.67. The lowest BCUT2D eigenvalue weighted by molar-refractivity contribution is 0.200. The highest BCUT2D eigenvalue weighted by atomic mass is 16.5. The van der Waals surface area contributed by atoms with E-state index in [1.807, 2.05) is 55.5 Å². The van der Waals surface area contributed by atoms with Gasteiger partial charge in [0.05, 0.1) is 13.7 Å². The van der Waals surface area contributed by atoms with E-state index in [0.29, 0.717) is 6.61 Å². The smallest absolute Gasteiger partial charge is 0.123 e. The van der Waals surface area contributed by atoms with E-state index in [1.54, 1.807) is 7.11 Å². The molecule has 2 aromatic carbocycles. The van der Waals surface area contributed by atoms with Crippen molar-refractivity contribution in [3.8, 4) is 17.2 Å². The maximum absolute atomic E-state index is 6.09. The molecule has 0 saturated heterocycles. The molecule has 0 aliphatic rings. The van der Waals surface area contributed by atoms with Crippen LogP contribution in [0.15, 0.2) is 48.5 Å². The molecule has 0 aliphatic carbocycles. The third kappa shape index (κ3) is 4.15. The fraction of sp³-hybridized carbons (Fsp3) is 0.333. The van der Waals surface area contributed by atoms with Gasteiger partial charge >= 0.3 is 0 Å². The Bertz CT molecular complexity index is 549. The molecule has 0 aromatic heterocycles. The average Bonchev–Trinajstić information content (AvgIpc) is 2.53. The summed E-state index contributed by atoms with van der Waals surface area (Å²) >= 11 is 0. The Morgan fingerprint density at radius 3 is 2.24 bits per heavy atom. The monoisotopic (exact) mass is 286 g/mol. The fourth-order valence-electron chi connectivity index (χ4n) is 2.17. The Hall–Kier alpha value is -2.16. The maximum Gasteiger partial charge on any atom is 0.123 e. The van der Waals surface area contributed by atoms with Gasteiger partial charge in [0.2, 0.25) is 0 Å². The molecule has 0 bridgehead atoms. The van der Waals surface area contributed by atoms with Crippen molar-refractivity contribution in [3.63, 3.8) is 0 Å². The summed E-state index contributed by atoms with van der Waals surface area (Å²) in [5.74, 6) is 2.51. The number of methoxy groups -OCH3 is 1. The van der Waals surface area contributed by atoms with Gasteiger partial charge in [-0.25, -0.2) is 0 Å². The molecule has 112 valence electrons. The molecule has 0 heterocycles. The van der Waals surface area contributed by atoms with E-state index in [2.05, 4.69) is 6.92 Å². The molecule has 2 aromatic rings. The Morgan fingerprint density at radius 1 is 0.905 bits per heavy atom. The quantitative estimate of drug-likeness (QED) is 0.743. The summed E-state index contributed by atoms with van der Waals surface area (Å²) in [6.07, 6.45) is 0.915. The number of hydrogen-bond acceptors (Lipinski definition) is 3. The van der Waals surface area contributed by atoms with Crippen molar-refractivity contribution >= 4 is 0 Å². The first-order valence-corrected chi connectivity index (χ1v) is 7.30. The summed E-state index contributed by atoms with van der Waals surface area (Å²) in [6, 6.07) is 15.8. The van der Waals surface area contributed by atoms with Crippen molar-refractivity contribution in [1.82, 2.24) is 0 Å². The minimum absolute atomic E-state index is 0.0211. The highest BCUT2D eigenvalue weighted by Crippen LogP contribution is 2.28. The van der Waals surface area contributed by atoms with E-state index in [9.17, 15) is 0 Å². The second-order valence-electron chi connectivity index (χ2n) is 4.70. The second-order valence-corrected chi connectivity index (χ2v) is 4.70. The summed E-state index contributed by atoms with van der Waals surface area (Å²) in [5, 5.41) is 0. The lowest BCUT2D eigenvalue weighted by Gasteiger charge is -2.19. The van der Waals surface area contributed by atoms with Crippen LogP contribution in [-0.2, 0) is 0 Å². The van der Waals surface area contributed by atoms with Crippen LogP contribution in [0.1, 0.15) is 31.9 Å². The summed E-state index contributed by atoms with van der Waals surface area (Å²) in [6.45, 7) is 4.74. The molecular weight excluding hydrogens is 264 g/mol. The molecule has 0 saturated carbocycles. The number of hydrogen-bond donors (Lipinski definition) is 0. The van der Waals surface area contributed by atoms with Gasteiger partial charge in [-0.3, -0.25) is 0 Å². The van der Waals surface area contributed by atoms with E-state index >= 15 is 0 Å². The SMILES string of the molecule is CCOc1cccc(OC(CC)c2ccc(OC)cc2)c1. The van der Waals surface area contributed by atoms with Gasteiger partial charge in [-0.05, 0) is 43.2 Å². The maximum atomic E-state index is 6.09. The van der Waals surface area contributed by atoms with Crippen molar-refractivity contribution in [1.29, 1.82) is 0 Å². The molecule has 3 heteroatoms. The third-order valence-electron chi connectivity index (χ3n) is 3.25. The molecule has 21 heavy (non-hydrogen) atoms. The third-order valence-corrected chi connectivity index (χ3v) is 3.25. The Balaban J connectivity index is 2.12. The lowest BCUT2D eigenvalue weighted by atomic mass is 10.1. The standard InChI is InChI=1S/C18H22O3/c1-4-18(14-9-11-15(19-3)12-10-14)21-17-8-6-7-16(13-17)20-5-2/h6-13,18H,4-5H2,1-3H3. The van der Waals surface area contributed by atoms with E-state index in [0.717, 1.165) is 29.2 Å². The topological polar surface area (TPSA) is 27.7 Å². The van der Waals surface area contributed by atoms with Crippen LogP contribution in [0.5, 0.6) is 17.2 Å². The minimum atomic E-state index is 0.0211. The zero-order valence-corrected chi connectivity index (χ0v) is 12.8. The molecule has 1 atom stereocenters. The summed E-state index contributed by atoms with van der Waals surface area (Å²) in [4.78, 5) is 0. The van der Waals surface area contributed by atoms with Crippen molar-refractivity contribution < 1.29 is 14.2 Å². The van der Waals surface area contributed by atoms with Gasteiger partial charge in [0.1, 0.15) is 23.4 Å². The van der Waals surface area contributed by atoms with Crippen molar-refractivity contribution in [3.05, 3.63) is 54.1 Å². The Labute approximate surface area is 126 Å². The van der Waals surface area contributed by atoms with Crippen LogP contribution >= 0.6 is 0 Å². The van der Waals surface area contributed by atoms with Crippen molar-refractivity contribution in [2.24, 2.45) is 0 Å². The van der Waals surface area contributed by atoms with Crippen LogP contribution in [0.25, 0.3) is 0 Å².